The van der Waals surface area contributed by atoms with E-state index in [2.05, 4.69) is 11.9 Å². The number of hydrogen-bond donors (Lipinski definition) is 2. The lowest BCUT2D eigenvalue weighted by molar-refractivity contribution is -0.121. The molecule has 0 aromatic carbocycles. The van der Waals surface area contributed by atoms with Crippen LogP contribution in [0.15, 0.2) is 12.7 Å². The fourth-order valence-electron chi connectivity index (χ4n) is 1.01. The van der Waals surface area contributed by atoms with Crippen LogP contribution in [0, 0.1) is 5.41 Å². The van der Waals surface area contributed by atoms with Gasteiger partial charge < -0.3 is 11.1 Å². The van der Waals surface area contributed by atoms with Crippen molar-refractivity contribution < 1.29 is 4.79 Å². The molecule has 0 rings (SSSR count). The standard InChI is InChI=1S/C12H24N2OS/c1-5-7-16-8-6-14-11(15)9-10(13)12(2,3)4/h5,10H,1,6-9,13H2,2-4H3,(H,14,15). The van der Waals surface area contributed by atoms with E-state index in [1.54, 1.807) is 11.8 Å². The summed E-state index contributed by atoms with van der Waals surface area (Å²) in [5.74, 6) is 1.89. The fourth-order valence-corrected chi connectivity index (χ4v) is 1.59. The molecule has 0 fully saturated rings. The Morgan fingerprint density at radius 3 is 2.69 bits per heavy atom. The van der Waals surface area contributed by atoms with Crippen molar-refractivity contribution in [2.24, 2.45) is 11.1 Å². The van der Waals surface area contributed by atoms with E-state index in [4.69, 9.17) is 5.73 Å². The number of rotatable bonds is 7. The van der Waals surface area contributed by atoms with E-state index in [-0.39, 0.29) is 17.4 Å². The number of nitrogens with one attached hydrogen (secondary N) is 1. The molecule has 3 nitrogen and oxygen atoms in total. The number of thioether (sulfide) groups is 1. The molecular weight excluding hydrogens is 220 g/mol. The molecule has 0 radical (unpaired) electrons. The summed E-state index contributed by atoms with van der Waals surface area (Å²) in [4.78, 5) is 11.5. The minimum atomic E-state index is -0.0895. The first-order valence-electron chi connectivity index (χ1n) is 5.59. The highest BCUT2D eigenvalue weighted by atomic mass is 32.2. The van der Waals surface area contributed by atoms with Crippen LogP contribution in [0.2, 0.25) is 0 Å². The van der Waals surface area contributed by atoms with Gasteiger partial charge in [-0.05, 0) is 5.41 Å². The average Bonchev–Trinajstić information content (AvgIpc) is 2.16. The van der Waals surface area contributed by atoms with Crippen molar-refractivity contribution in [2.45, 2.75) is 33.2 Å². The van der Waals surface area contributed by atoms with Crippen molar-refractivity contribution in [1.29, 1.82) is 0 Å². The molecule has 0 spiro atoms. The topological polar surface area (TPSA) is 55.1 Å². The average molecular weight is 244 g/mol. The third-order valence-electron chi connectivity index (χ3n) is 2.32. The van der Waals surface area contributed by atoms with Crippen molar-refractivity contribution in [1.82, 2.24) is 5.32 Å². The maximum atomic E-state index is 11.5. The van der Waals surface area contributed by atoms with E-state index in [1.807, 2.05) is 26.8 Å². The van der Waals surface area contributed by atoms with Crippen LogP contribution in [0.3, 0.4) is 0 Å². The minimum absolute atomic E-state index is 0.0189. The Kier molecular flexibility index (Phi) is 7.51. The second-order valence-electron chi connectivity index (χ2n) is 4.89. The molecule has 16 heavy (non-hydrogen) atoms. The van der Waals surface area contributed by atoms with Gasteiger partial charge in [-0.15, -0.1) is 6.58 Å². The molecule has 0 saturated heterocycles. The summed E-state index contributed by atoms with van der Waals surface area (Å²) in [6, 6.07) is -0.0895. The van der Waals surface area contributed by atoms with E-state index in [0.29, 0.717) is 13.0 Å². The summed E-state index contributed by atoms with van der Waals surface area (Å²) >= 11 is 1.76. The van der Waals surface area contributed by atoms with Gasteiger partial charge in [0.2, 0.25) is 5.91 Å². The highest BCUT2D eigenvalue weighted by molar-refractivity contribution is 7.99. The third kappa shape index (κ3) is 7.77. The molecule has 0 aliphatic heterocycles. The summed E-state index contributed by atoms with van der Waals surface area (Å²) in [6.07, 6.45) is 2.26. The quantitative estimate of drug-likeness (QED) is 0.530. The Morgan fingerprint density at radius 2 is 2.19 bits per heavy atom. The molecule has 0 bridgehead atoms. The SMILES string of the molecule is C=CCSCCNC(=O)CC(N)C(C)(C)C. The van der Waals surface area contributed by atoms with Gasteiger partial charge in [-0.25, -0.2) is 0 Å². The van der Waals surface area contributed by atoms with E-state index >= 15 is 0 Å². The van der Waals surface area contributed by atoms with Gasteiger partial charge in [-0.2, -0.15) is 11.8 Å². The predicted molar refractivity (Wildman–Crippen MR) is 72.6 cm³/mol. The summed E-state index contributed by atoms with van der Waals surface area (Å²) < 4.78 is 0. The summed E-state index contributed by atoms with van der Waals surface area (Å²) in [7, 11) is 0. The lowest BCUT2D eigenvalue weighted by Crippen LogP contribution is -2.40. The van der Waals surface area contributed by atoms with Crippen molar-refractivity contribution in [3.63, 3.8) is 0 Å². The molecular formula is C12H24N2OS. The zero-order valence-electron chi connectivity index (χ0n) is 10.6. The summed E-state index contributed by atoms with van der Waals surface area (Å²) in [5.41, 5.74) is 5.91. The van der Waals surface area contributed by atoms with E-state index in [9.17, 15) is 4.79 Å². The van der Waals surface area contributed by atoms with E-state index < -0.39 is 0 Å². The van der Waals surface area contributed by atoms with Crippen molar-refractivity contribution in [3.8, 4) is 0 Å². The van der Waals surface area contributed by atoms with Gasteiger partial charge in [-0.1, -0.05) is 26.8 Å². The largest absolute Gasteiger partial charge is 0.355 e. The smallest absolute Gasteiger partial charge is 0.221 e. The molecule has 0 saturated carbocycles. The number of hydrogen-bond acceptors (Lipinski definition) is 3. The molecule has 0 aromatic heterocycles. The second kappa shape index (κ2) is 7.74. The van der Waals surface area contributed by atoms with Crippen LogP contribution in [0.1, 0.15) is 27.2 Å². The molecule has 0 aliphatic rings. The Morgan fingerprint density at radius 1 is 1.56 bits per heavy atom. The summed E-state index contributed by atoms with van der Waals surface area (Å²) in [5, 5.41) is 2.87. The predicted octanol–water partition coefficient (Wildman–Crippen LogP) is 1.79. The van der Waals surface area contributed by atoms with Crippen LogP contribution < -0.4 is 11.1 Å². The van der Waals surface area contributed by atoms with Crippen LogP contribution in [0.5, 0.6) is 0 Å². The van der Waals surface area contributed by atoms with Gasteiger partial charge in [0.05, 0.1) is 0 Å². The Balaban J connectivity index is 3.63. The van der Waals surface area contributed by atoms with E-state index in [1.165, 1.54) is 0 Å². The van der Waals surface area contributed by atoms with Gasteiger partial charge in [0, 0.05) is 30.5 Å². The number of carbonyl (C=O) groups is 1. The minimum Gasteiger partial charge on any atom is -0.355 e. The number of carbonyl (C=O) groups excluding carboxylic acids is 1. The Hall–Kier alpha value is -0.480. The van der Waals surface area contributed by atoms with Gasteiger partial charge in [0.1, 0.15) is 0 Å². The first-order chi connectivity index (χ1) is 7.38. The number of nitrogens with two attached hydrogens (primary N) is 1. The normalized spacial score (nSPS) is 13.2. The highest BCUT2D eigenvalue weighted by Gasteiger charge is 2.22. The molecule has 0 aromatic rings. The molecule has 94 valence electrons. The first-order valence-corrected chi connectivity index (χ1v) is 6.74. The lowest BCUT2D eigenvalue weighted by atomic mass is 9.85. The molecule has 4 heteroatoms. The molecule has 1 amide bonds. The monoisotopic (exact) mass is 244 g/mol. The molecule has 1 atom stereocenters. The van der Waals surface area contributed by atoms with Crippen molar-refractivity contribution in [2.75, 3.05) is 18.1 Å². The van der Waals surface area contributed by atoms with Crippen LogP contribution in [-0.4, -0.2) is 30.0 Å². The van der Waals surface area contributed by atoms with Gasteiger partial charge >= 0.3 is 0 Å². The zero-order chi connectivity index (χ0) is 12.6. The molecule has 0 aliphatic carbocycles. The van der Waals surface area contributed by atoms with Crippen LogP contribution in [-0.2, 0) is 4.79 Å². The van der Waals surface area contributed by atoms with Crippen molar-refractivity contribution >= 4 is 17.7 Å². The zero-order valence-corrected chi connectivity index (χ0v) is 11.4. The van der Waals surface area contributed by atoms with Crippen LogP contribution in [0.25, 0.3) is 0 Å². The molecule has 1 unspecified atom stereocenters. The van der Waals surface area contributed by atoms with Gasteiger partial charge in [0.15, 0.2) is 0 Å². The van der Waals surface area contributed by atoms with Gasteiger partial charge in [0.25, 0.3) is 0 Å². The molecule has 0 heterocycles. The highest BCUT2D eigenvalue weighted by Crippen LogP contribution is 2.19. The maximum Gasteiger partial charge on any atom is 0.221 e. The lowest BCUT2D eigenvalue weighted by Gasteiger charge is -2.26. The number of amides is 1. The second-order valence-corrected chi connectivity index (χ2v) is 6.04. The summed E-state index contributed by atoms with van der Waals surface area (Å²) in [6.45, 7) is 10.5. The fraction of sp³-hybridized carbons (Fsp3) is 0.750. The Bertz CT molecular complexity index is 224. The molecule has 3 N–H and O–H groups in total. The van der Waals surface area contributed by atoms with Crippen molar-refractivity contribution in [3.05, 3.63) is 12.7 Å². The van der Waals surface area contributed by atoms with Crippen LogP contribution in [0.4, 0.5) is 0 Å². The van der Waals surface area contributed by atoms with E-state index in [0.717, 1.165) is 11.5 Å². The first kappa shape index (κ1) is 15.5. The van der Waals surface area contributed by atoms with Gasteiger partial charge in [-0.3, -0.25) is 4.79 Å². The van der Waals surface area contributed by atoms with Crippen LogP contribution >= 0.6 is 11.8 Å². The Labute approximate surface area is 103 Å². The third-order valence-corrected chi connectivity index (χ3v) is 3.29. The maximum absolute atomic E-state index is 11.5.